The predicted molar refractivity (Wildman–Crippen MR) is 104 cm³/mol. The Morgan fingerprint density at radius 3 is 2.60 bits per heavy atom. The minimum Gasteiger partial charge on any atom is -0.368 e. The smallest absolute Gasteiger partial charge is 0.368 e. The molecule has 9 nitrogen and oxygen atoms in total. The number of benzene rings is 1. The summed E-state index contributed by atoms with van der Waals surface area (Å²) in [5.41, 5.74) is 7.60. The number of anilines is 2. The summed E-state index contributed by atoms with van der Waals surface area (Å²) < 4.78 is 38.7. The Morgan fingerprint density at radius 1 is 1.10 bits per heavy atom. The van der Waals surface area contributed by atoms with Gasteiger partial charge in [0.2, 0.25) is 17.7 Å². The van der Waals surface area contributed by atoms with Crippen LogP contribution in [-0.2, 0) is 6.18 Å². The van der Waals surface area contributed by atoms with Crippen LogP contribution in [0.3, 0.4) is 0 Å². The highest BCUT2D eigenvalue weighted by Gasteiger charge is 2.35. The number of fused-ring (bicyclic) bond motifs is 1. The Labute approximate surface area is 168 Å². The molecule has 5 N–H and O–H groups in total. The SMILES string of the molecule is CC(C)C(Nc1nc(N)nc(-c2ccc3cn[nH]c3c2)n1)c1cnc(C(F)(F)F)[nH]1. The summed E-state index contributed by atoms with van der Waals surface area (Å²) in [6.07, 6.45) is -1.71. The van der Waals surface area contributed by atoms with Crippen molar-refractivity contribution in [3.63, 3.8) is 0 Å². The van der Waals surface area contributed by atoms with Crippen LogP contribution in [0.2, 0.25) is 0 Å². The summed E-state index contributed by atoms with van der Waals surface area (Å²) in [5, 5.41) is 10.8. The van der Waals surface area contributed by atoms with Crippen molar-refractivity contribution in [1.29, 1.82) is 0 Å². The minimum absolute atomic E-state index is 0.0182. The lowest BCUT2D eigenvalue weighted by atomic mass is 10.0. The lowest BCUT2D eigenvalue weighted by molar-refractivity contribution is -0.144. The zero-order valence-electron chi connectivity index (χ0n) is 16.0. The summed E-state index contributed by atoms with van der Waals surface area (Å²) in [6.45, 7) is 3.70. The molecule has 0 bridgehead atoms. The third-order valence-corrected chi connectivity index (χ3v) is 4.50. The molecule has 1 unspecified atom stereocenters. The predicted octanol–water partition coefficient (Wildman–Crippen LogP) is 3.55. The number of nitrogens with two attached hydrogens (primary N) is 1. The van der Waals surface area contributed by atoms with Crippen LogP contribution in [0.1, 0.15) is 31.4 Å². The molecule has 12 heteroatoms. The monoisotopic (exact) mass is 417 g/mol. The van der Waals surface area contributed by atoms with Crippen LogP contribution in [0.15, 0.2) is 30.6 Å². The molecule has 0 amide bonds. The van der Waals surface area contributed by atoms with Crippen LogP contribution in [0.25, 0.3) is 22.3 Å². The lowest BCUT2D eigenvalue weighted by Crippen LogP contribution is -2.20. The van der Waals surface area contributed by atoms with E-state index in [1.165, 1.54) is 0 Å². The van der Waals surface area contributed by atoms with Gasteiger partial charge in [0, 0.05) is 10.9 Å². The fraction of sp³-hybridized carbons (Fsp3) is 0.278. The summed E-state index contributed by atoms with van der Waals surface area (Å²) in [5.74, 6) is -0.716. The Bertz CT molecular complexity index is 1180. The number of aromatic nitrogens is 7. The van der Waals surface area contributed by atoms with Crippen LogP contribution < -0.4 is 11.1 Å². The van der Waals surface area contributed by atoms with E-state index in [0.29, 0.717) is 11.4 Å². The number of hydrogen-bond acceptors (Lipinski definition) is 7. The maximum absolute atomic E-state index is 12.9. The van der Waals surface area contributed by atoms with E-state index in [0.717, 1.165) is 17.1 Å². The number of alkyl halides is 3. The fourth-order valence-corrected chi connectivity index (χ4v) is 3.04. The van der Waals surface area contributed by atoms with E-state index in [2.05, 4.69) is 40.4 Å². The van der Waals surface area contributed by atoms with Crippen molar-refractivity contribution in [3.8, 4) is 11.4 Å². The summed E-state index contributed by atoms with van der Waals surface area (Å²) in [4.78, 5) is 18.4. The zero-order valence-corrected chi connectivity index (χ0v) is 16.0. The van der Waals surface area contributed by atoms with E-state index in [-0.39, 0.29) is 23.5 Å². The van der Waals surface area contributed by atoms with Gasteiger partial charge in [0.15, 0.2) is 5.82 Å². The third-order valence-electron chi connectivity index (χ3n) is 4.50. The van der Waals surface area contributed by atoms with Crippen molar-refractivity contribution < 1.29 is 13.2 Å². The molecule has 0 radical (unpaired) electrons. The van der Waals surface area contributed by atoms with Crippen molar-refractivity contribution in [2.75, 3.05) is 11.1 Å². The first kappa shape index (κ1) is 19.6. The van der Waals surface area contributed by atoms with Gasteiger partial charge in [-0.15, -0.1) is 0 Å². The van der Waals surface area contributed by atoms with Gasteiger partial charge in [-0.05, 0) is 12.0 Å². The summed E-state index contributed by atoms with van der Waals surface area (Å²) >= 11 is 0. The molecule has 0 spiro atoms. The minimum atomic E-state index is -4.56. The molecule has 0 saturated carbocycles. The van der Waals surface area contributed by atoms with E-state index in [1.54, 1.807) is 6.20 Å². The van der Waals surface area contributed by atoms with Crippen molar-refractivity contribution in [1.82, 2.24) is 35.1 Å². The molecule has 4 rings (SSSR count). The molecule has 0 fully saturated rings. The van der Waals surface area contributed by atoms with Gasteiger partial charge in [-0.2, -0.15) is 33.2 Å². The van der Waals surface area contributed by atoms with E-state index in [1.807, 2.05) is 32.0 Å². The Kier molecular flexibility index (Phi) is 4.76. The summed E-state index contributed by atoms with van der Waals surface area (Å²) in [7, 11) is 0. The highest BCUT2D eigenvalue weighted by molar-refractivity contribution is 5.82. The fourth-order valence-electron chi connectivity index (χ4n) is 3.04. The average Bonchev–Trinajstić information content (AvgIpc) is 3.34. The van der Waals surface area contributed by atoms with Crippen molar-refractivity contribution >= 4 is 22.8 Å². The second kappa shape index (κ2) is 7.28. The first-order valence-electron chi connectivity index (χ1n) is 9.04. The molecule has 0 aliphatic heterocycles. The summed E-state index contributed by atoms with van der Waals surface area (Å²) in [6, 6.07) is 4.95. The average molecular weight is 417 g/mol. The van der Waals surface area contributed by atoms with Gasteiger partial charge in [-0.3, -0.25) is 5.10 Å². The molecular weight excluding hydrogens is 399 g/mol. The quantitative estimate of drug-likeness (QED) is 0.390. The molecule has 3 heterocycles. The number of nitrogens with one attached hydrogen (secondary N) is 3. The van der Waals surface area contributed by atoms with Gasteiger partial charge in [0.1, 0.15) is 0 Å². The Balaban J connectivity index is 1.66. The number of imidazole rings is 1. The van der Waals surface area contributed by atoms with Gasteiger partial charge >= 0.3 is 6.18 Å². The molecule has 156 valence electrons. The molecule has 1 aromatic carbocycles. The largest absolute Gasteiger partial charge is 0.449 e. The molecule has 30 heavy (non-hydrogen) atoms. The van der Waals surface area contributed by atoms with E-state index < -0.39 is 18.0 Å². The van der Waals surface area contributed by atoms with E-state index in [4.69, 9.17) is 5.73 Å². The van der Waals surface area contributed by atoms with Crippen LogP contribution in [0.5, 0.6) is 0 Å². The van der Waals surface area contributed by atoms with Crippen molar-refractivity contribution in [2.45, 2.75) is 26.1 Å². The molecule has 1 atom stereocenters. The first-order valence-corrected chi connectivity index (χ1v) is 9.04. The number of halogens is 3. The zero-order chi connectivity index (χ0) is 21.5. The Morgan fingerprint density at radius 2 is 1.90 bits per heavy atom. The van der Waals surface area contributed by atoms with Gasteiger partial charge in [-0.25, -0.2) is 4.98 Å². The van der Waals surface area contributed by atoms with Gasteiger partial charge in [-0.1, -0.05) is 26.0 Å². The number of hydrogen-bond donors (Lipinski definition) is 4. The maximum Gasteiger partial charge on any atom is 0.449 e. The lowest BCUT2D eigenvalue weighted by Gasteiger charge is -2.21. The van der Waals surface area contributed by atoms with Gasteiger partial charge in [0.25, 0.3) is 0 Å². The standard InChI is InChI=1S/C18H18F3N9/c1-8(2)13(12-7-23-15(25-12)18(19,20)21)26-17-28-14(27-16(22)29-17)9-3-4-10-6-24-30-11(10)5-9/h3-8,13H,1-2H3,(H,23,25)(H,24,30)(H3,22,26,27,28,29). The topological polar surface area (TPSA) is 134 Å². The van der Waals surface area contributed by atoms with Gasteiger partial charge in [0.05, 0.1) is 29.6 Å². The second-order valence-electron chi connectivity index (χ2n) is 7.06. The maximum atomic E-state index is 12.9. The van der Waals surface area contributed by atoms with Crippen molar-refractivity contribution in [2.24, 2.45) is 5.92 Å². The molecule has 4 aromatic rings. The molecule has 0 aliphatic carbocycles. The first-order chi connectivity index (χ1) is 14.2. The molecule has 0 aliphatic rings. The number of H-pyrrole nitrogens is 2. The van der Waals surface area contributed by atoms with Crippen molar-refractivity contribution in [3.05, 3.63) is 42.1 Å². The van der Waals surface area contributed by atoms with Crippen LogP contribution >= 0.6 is 0 Å². The molecule has 0 saturated heterocycles. The molecule has 3 aromatic heterocycles. The van der Waals surface area contributed by atoms with Gasteiger partial charge < -0.3 is 16.0 Å². The third kappa shape index (κ3) is 3.88. The highest BCUT2D eigenvalue weighted by Crippen LogP contribution is 2.30. The normalized spacial score (nSPS) is 13.1. The number of rotatable bonds is 5. The number of aromatic amines is 2. The Hall–Kier alpha value is -3.70. The second-order valence-corrected chi connectivity index (χ2v) is 7.06. The van der Waals surface area contributed by atoms with Crippen LogP contribution in [-0.4, -0.2) is 35.1 Å². The molecular formula is C18H18F3N9. The van der Waals surface area contributed by atoms with Crippen LogP contribution in [0.4, 0.5) is 25.1 Å². The van der Waals surface area contributed by atoms with E-state index >= 15 is 0 Å². The number of nitrogen functional groups attached to an aromatic ring is 1. The van der Waals surface area contributed by atoms with Crippen LogP contribution in [0, 0.1) is 5.92 Å². The van der Waals surface area contributed by atoms with E-state index in [9.17, 15) is 13.2 Å². The highest BCUT2D eigenvalue weighted by atomic mass is 19.4. The number of nitrogens with zero attached hydrogens (tertiary/aromatic N) is 5.